The Morgan fingerprint density at radius 3 is 2.48 bits per heavy atom. The van der Waals surface area contributed by atoms with E-state index in [-0.39, 0.29) is 0 Å². The van der Waals surface area contributed by atoms with Crippen molar-refractivity contribution in [2.45, 2.75) is 6.92 Å². The Morgan fingerprint density at radius 1 is 1.04 bits per heavy atom. The zero-order chi connectivity index (χ0) is 17.8. The van der Waals surface area contributed by atoms with E-state index < -0.39 is 0 Å². The van der Waals surface area contributed by atoms with Crippen LogP contribution in [0.15, 0.2) is 41.5 Å². The molecule has 0 atom stereocenters. The summed E-state index contributed by atoms with van der Waals surface area (Å²) in [6.07, 6.45) is 1.64. The minimum atomic E-state index is 0.395. The van der Waals surface area contributed by atoms with Crippen molar-refractivity contribution >= 4 is 28.9 Å². The molecule has 0 aliphatic rings. The molecule has 0 saturated heterocycles. The molecule has 3 rings (SSSR count). The van der Waals surface area contributed by atoms with Gasteiger partial charge in [-0.25, -0.2) is 5.43 Å². The largest absolute Gasteiger partial charge is 0.496 e. The van der Waals surface area contributed by atoms with Crippen LogP contribution < -0.4 is 15.1 Å². The molecule has 3 aromatic rings. The molecule has 7 heteroatoms. The molecule has 1 N–H and O–H groups in total. The van der Waals surface area contributed by atoms with Crippen molar-refractivity contribution in [1.29, 1.82) is 0 Å². The Bertz CT molecular complexity index is 923. The number of hydrazone groups is 1. The summed E-state index contributed by atoms with van der Waals surface area (Å²) in [5.41, 5.74) is 3.73. The predicted octanol–water partition coefficient (Wildman–Crippen LogP) is 3.18. The van der Waals surface area contributed by atoms with Crippen LogP contribution >= 0.6 is 0 Å². The quantitative estimate of drug-likeness (QED) is 0.570. The Hall–Kier alpha value is -3.22. The highest BCUT2D eigenvalue weighted by atomic mass is 16.5. The molecule has 0 aliphatic heterocycles. The van der Waals surface area contributed by atoms with E-state index in [4.69, 9.17) is 4.74 Å². The summed E-state index contributed by atoms with van der Waals surface area (Å²) in [7, 11) is 5.44. The third kappa shape index (κ3) is 3.35. The van der Waals surface area contributed by atoms with Gasteiger partial charge in [-0.3, -0.25) is 0 Å². The number of ether oxygens (including phenoxy) is 1. The van der Waals surface area contributed by atoms with Gasteiger partial charge < -0.3 is 9.64 Å². The van der Waals surface area contributed by atoms with Gasteiger partial charge in [-0.15, -0.1) is 0 Å². The summed E-state index contributed by atoms with van der Waals surface area (Å²) in [6.45, 7) is 1.82. The van der Waals surface area contributed by atoms with Crippen LogP contribution in [0.1, 0.15) is 6.92 Å². The van der Waals surface area contributed by atoms with Gasteiger partial charge >= 0.3 is 0 Å². The molecule has 0 fully saturated rings. The number of hydrogen-bond donors (Lipinski definition) is 1. The van der Waals surface area contributed by atoms with Crippen LogP contribution in [0.25, 0.3) is 22.2 Å². The van der Waals surface area contributed by atoms with Crippen molar-refractivity contribution in [3.8, 4) is 17.1 Å². The van der Waals surface area contributed by atoms with Gasteiger partial charge in [0, 0.05) is 31.3 Å². The van der Waals surface area contributed by atoms with Crippen molar-refractivity contribution in [3.63, 3.8) is 0 Å². The van der Waals surface area contributed by atoms with E-state index in [1.807, 2.05) is 62.3 Å². The second kappa shape index (κ2) is 7.12. The molecule has 1 aromatic heterocycles. The van der Waals surface area contributed by atoms with Crippen LogP contribution in [0.4, 0.5) is 11.9 Å². The Kier molecular flexibility index (Phi) is 4.74. The summed E-state index contributed by atoms with van der Waals surface area (Å²) < 4.78 is 5.46. The Labute approximate surface area is 146 Å². The second-order valence-electron chi connectivity index (χ2n) is 5.54. The van der Waals surface area contributed by atoms with E-state index >= 15 is 0 Å². The molecule has 0 bridgehead atoms. The van der Waals surface area contributed by atoms with Crippen LogP contribution in [-0.2, 0) is 0 Å². The highest BCUT2D eigenvalue weighted by Gasteiger charge is 2.14. The fraction of sp³-hybridized carbons (Fsp3) is 0.222. The second-order valence-corrected chi connectivity index (χ2v) is 5.54. The SMILES string of the molecule is C/C=N/Nc1nc(-c2ccc(OC)c3ccccc23)nc(N(C)C)n1. The fourth-order valence-corrected chi connectivity index (χ4v) is 2.50. The van der Waals surface area contributed by atoms with E-state index in [0.29, 0.717) is 17.7 Å². The van der Waals surface area contributed by atoms with E-state index in [1.165, 1.54) is 0 Å². The topological polar surface area (TPSA) is 75.5 Å². The van der Waals surface area contributed by atoms with Crippen LogP contribution in [0, 0.1) is 0 Å². The lowest BCUT2D eigenvalue weighted by atomic mass is 10.0. The molecular weight excluding hydrogens is 316 g/mol. The molecule has 0 aliphatic carbocycles. The molecule has 0 radical (unpaired) electrons. The van der Waals surface area contributed by atoms with Gasteiger partial charge in [0.15, 0.2) is 5.82 Å². The summed E-state index contributed by atoms with van der Waals surface area (Å²) in [5.74, 6) is 2.34. The van der Waals surface area contributed by atoms with Crippen LogP contribution in [-0.4, -0.2) is 42.4 Å². The average Bonchev–Trinajstić information content (AvgIpc) is 2.65. The van der Waals surface area contributed by atoms with Gasteiger partial charge in [-0.1, -0.05) is 24.3 Å². The normalized spacial score (nSPS) is 11.0. The smallest absolute Gasteiger partial charge is 0.248 e. The third-order valence-corrected chi connectivity index (χ3v) is 3.66. The van der Waals surface area contributed by atoms with E-state index in [2.05, 4.69) is 25.5 Å². The first-order valence-electron chi connectivity index (χ1n) is 7.87. The number of nitrogens with zero attached hydrogens (tertiary/aromatic N) is 5. The van der Waals surface area contributed by atoms with Gasteiger partial charge in [0.25, 0.3) is 0 Å². The zero-order valence-electron chi connectivity index (χ0n) is 14.7. The first kappa shape index (κ1) is 16.6. The maximum Gasteiger partial charge on any atom is 0.248 e. The molecule has 128 valence electrons. The molecule has 0 amide bonds. The predicted molar refractivity (Wildman–Crippen MR) is 101 cm³/mol. The van der Waals surface area contributed by atoms with Crippen molar-refractivity contribution < 1.29 is 4.74 Å². The van der Waals surface area contributed by atoms with Crippen LogP contribution in [0.2, 0.25) is 0 Å². The van der Waals surface area contributed by atoms with Gasteiger partial charge in [-0.2, -0.15) is 20.1 Å². The van der Waals surface area contributed by atoms with Gasteiger partial charge in [0.2, 0.25) is 11.9 Å². The summed E-state index contributed by atoms with van der Waals surface area (Å²) in [6, 6.07) is 11.9. The van der Waals surface area contributed by atoms with E-state index in [0.717, 1.165) is 22.1 Å². The number of rotatable bonds is 5. The summed E-state index contributed by atoms with van der Waals surface area (Å²) in [5, 5.41) is 6.03. The number of nitrogens with one attached hydrogen (secondary N) is 1. The maximum absolute atomic E-state index is 5.46. The van der Waals surface area contributed by atoms with Crippen LogP contribution in [0.3, 0.4) is 0 Å². The number of hydrogen-bond acceptors (Lipinski definition) is 7. The number of anilines is 2. The van der Waals surface area contributed by atoms with Crippen molar-refractivity contribution in [2.75, 3.05) is 31.5 Å². The monoisotopic (exact) mass is 336 g/mol. The average molecular weight is 336 g/mol. The van der Waals surface area contributed by atoms with Crippen molar-refractivity contribution in [2.24, 2.45) is 5.10 Å². The number of aromatic nitrogens is 3. The first-order chi connectivity index (χ1) is 12.1. The fourth-order valence-electron chi connectivity index (χ4n) is 2.50. The molecule has 1 heterocycles. The highest BCUT2D eigenvalue weighted by molar-refractivity contribution is 5.99. The lowest BCUT2D eigenvalue weighted by molar-refractivity contribution is 0.420. The Balaban J connectivity index is 2.22. The number of methoxy groups -OCH3 is 1. The van der Waals surface area contributed by atoms with E-state index in [9.17, 15) is 0 Å². The lowest BCUT2D eigenvalue weighted by Gasteiger charge is -2.14. The van der Waals surface area contributed by atoms with Crippen LogP contribution in [0.5, 0.6) is 5.75 Å². The van der Waals surface area contributed by atoms with Crippen molar-refractivity contribution in [3.05, 3.63) is 36.4 Å². The van der Waals surface area contributed by atoms with Gasteiger partial charge in [0.05, 0.1) is 7.11 Å². The minimum absolute atomic E-state index is 0.395. The lowest BCUT2D eigenvalue weighted by Crippen LogP contribution is -2.15. The number of benzene rings is 2. The molecule has 25 heavy (non-hydrogen) atoms. The molecule has 7 nitrogen and oxygen atoms in total. The molecular formula is C18H20N6O. The molecule has 0 unspecified atom stereocenters. The molecule has 2 aromatic carbocycles. The third-order valence-electron chi connectivity index (χ3n) is 3.66. The highest BCUT2D eigenvalue weighted by Crippen LogP contribution is 2.33. The maximum atomic E-state index is 5.46. The Morgan fingerprint density at radius 2 is 1.80 bits per heavy atom. The van der Waals surface area contributed by atoms with Crippen molar-refractivity contribution in [1.82, 2.24) is 15.0 Å². The first-order valence-corrected chi connectivity index (χ1v) is 7.87. The standard InChI is InChI=1S/C18H20N6O/c1-5-19-23-17-20-16(21-18(22-17)24(2)3)14-10-11-15(25-4)13-9-7-6-8-12(13)14/h5-11H,1-4H3,(H,20,21,22,23)/b19-5+. The zero-order valence-corrected chi connectivity index (χ0v) is 14.7. The summed E-state index contributed by atoms with van der Waals surface area (Å²) in [4.78, 5) is 15.3. The minimum Gasteiger partial charge on any atom is -0.496 e. The van der Waals surface area contributed by atoms with E-state index in [1.54, 1.807) is 13.3 Å². The van der Waals surface area contributed by atoms with Gasteiger partial charge in [-0.05, 0) is 24.4 Å². The summed E-state index contributed by atoms with van der Waals surface area (Å²) >= 11 is 0. The van der Waals surface area contributed by atoms with Gasteiger partial charge in [0.1, 0.15) is 5.75 Å². The number of fused-ring (bicyclic) bond motifs is 1. The molecule has 0 saturated carbocycles. The molecule has 0 spiro atoms.